The second-order valence-corrected chi connectivity index (χ2v) is 13.5. The van der Waals surface area contributed by atoms with Crippen LogP contribution in [0.25, 0.3) is 32.9 Å². The summed E-state index contributed by atoms with van der Waals surface area (Å²) in [6, 6.07) is 11.4. The number of alkyl halides is 1. The van der Waals surface area contributed by atoms with Gasteiger partial charge in [0.15, 0.2) is 5.82 Å². The first-order valence-corrected chi connectivity index (χ1v) is 16.8. The van der Waals surface area contributed by atoms with Crippen LogP contribution < -0.4 is 20.9 Å². The molecule has 2 aliphatic rings. The molecule has 256 valence electrons. The number of carbonyl (C=O) groups is 1. The topological polar surface area (TPSA) is 121 Å². The minimum absolute atomic E-state index is 0.0137. The van der Waals surface area contributed by atoms with Gasteiger partial charge < -0.3 is 20.1 Å². The number of hydrogen-bond donors (Lipinski definition) is 3. The van der Waals surface area contributed by atoms with Crippen LogP contribution in [-0.4, -0.2) is 83.1 Å². The summed E-state index contributed by atoms with van der Waals surface area (Å²) in [5.41, 5.74) is 0.102. The Labute approximate surface area is 278 Å². The van der Waals surface area contributed by atoms with Crippen LogP contribution in [-0.2, 0) is 11.2 Å². The number of piperidine rings is 1. The summed E-state index contributed by atoms with van der Waals surface area (Å²) < 4.78 is 41.7. The average Bonchev–Trinajstić information content (AvgIpc) is 3.41. The van der Waals surface area contributed by atoms with E-state index in [9.17, 15) is 14.0 Å². The molecule has 2 saturated heterocycles. The van der Waals surface area contributed by atoms with Crippen LogP contribution in [0.2, 0.25) is 0 Å². The fraction of sp³-hybridized carbons (Fsp3) is 0.500. The molecule has 10 nitrogen and oxygen atoms in total. The lowest BCUT2D eigenvalue weighted by atomic mass is 9.91. The maximum absolute atomic E-state index is 16.4. The number of hydrogen-bond acceptors (Lipinski definition) is 8. The molecule has 4 heterocycles. The number of halogens is 2. The van der Waals surface area contributed by atoms with E-state index in [1.807, 2.05) is 30.3 Å². The number of fused-ring (bicyclic) bond motifs is 2. The standard InChI is InChI=1S/C36H44F2N6O4/c1-4-14-36(15-8-16-44(36)3)22-48-33-41-31-27(32(45)42-33)20-40-30(29(31)38)26-13-6-11-23-9-5-10-24(28(23)26)12-7-17-47-34(46)43-35(2)18-25(37)19-39-21-35/h5-6,9-11,13,20,25,39H,4,7-8,12,14-19,21-22H2,1-3H3,(H,43,46)(H,41,42,45). The SMILES string of the molecule is CCCC1(COc2nc3c(F)c(-c4cccc5cccc(CCCOC(=O)NC6(C)CNCC(F)C6)c45)ncc3c(=O)[nH]2)CCCN1C. The maximum atomic E-state index is 16.4. The van der Waals surface area contributed by atoms with Crippen molar-refractivity contribution in [2.24, 2.45) is 0 Å². The van der Waals surface area contributed by atoms with E-state index in [1.165, 1.54) is 6.20 Å². The maximum Gasteiger partial charge on any atom is 0.407 e. The number of aromatic amines is 1. The summed E-state index contributed by atoms with van der Waals surface area (Å²) in [4.78, 5) is 39.3. The summed E-state index contributed by atoms with van der Waals surface area (Å²) >= 11 is 0. The van der Waals surface area contributed by atoms with Crippen molar-refractivity contribution in [2.75, 3.05) is 39.9 Å². The predicted octanol–water partition coefficient (Wildman–Crippen LogP) is 5.67. The lowest BCUT2D eigenvalue weighted by molar-refractivity contribution is 0.0826. The van der Waals surface area contributed by atoms with Gasteiger partial charge in [0, 0.05) is 31.3 Å². The Morgan fingerprint density at radius 3 is 2.79 bits per heavy atom. The van der Waals surface area contributed by atoms with Gasteiger partial charge in [-0.2, -0.15) is 4.98 Å². The third-order valence-corrected chi connectivity index (χ3v) is 9.84. The number of amides is 1. The van der Waals surface area contributed by atoms with Gasteiger partial charge in [0.25, 0.3) is 11.6 Å². The molecule has 2 aromatic heterocycles. The first-order chi connectivity index (χ1) is 23.1. The number of benzene rings is 2. The Balaban J connectivity index is 1.22. The largest absolute Gasteiger partial charge is 0.463 e. The van der Waals surface area contributed by atoms with E-state index in [0.29, 0.717) is 31.6 Å². The zero-order valence-corrected chi connectivity index (χ0v) is 27.8. The molecular formula is C36H44F2N6O4. The number of carbonyl (C=O) groups excluding carboxylic acids is 1. The lowest BCUT2D eigenvalue weighted by Gasteiger charge is -2.36. The van der Waals surface area contributed by atoms with Crippen LogP contribution in [0.5, 0.6) is 6.01 Å². The van der Waals surface area contributed by atoms with Gasteiger partial charge in [0.2, 0.25) is 0 Å². The van der Waals surface area contributed by atoms with Crippen molar-refractivity contribution in [3.8, 4) is 17.3 Å². The molecule has 3 atom stereocenters. The number of H-pyrrole nitrogens is 1. The zero-order valence-electron chi connectivity index (χ0n) is 27.8. The summed E-state index contributed by atoms with van der Waals surface area (Å²) in [5.74, 6) is -0.701. The van der Waals surface area contributed by atoms with Gasteiger partial charge in [-0.1, -0.05) is 49.7 Å². The summed E-state index contributed by atoms with van der Waals surface area (Å²) in [7, 11) is 2.08. The Hall–Kier alpha value is -4.16. The number of ether oxygens (including phenoxy) is 2. The molecule has 3 N–H and O–H groups in total. The number of nitrogens with zero attached hydrogens (tertiary/aromatic N) is 3. The van der Waals surface area contributed by atoms with E-state index in [1.54, 1.807) is 13.0 Å². The van der Waals surface area contributed by atoms with Crippen molar-refractivity contribution >= 4 is 27.8 Å². The molecule has 2 aromatic carbocycles. The Bertz CT molecular complexity index is 1850. The van der Waals surface area contributed by atoms with E-state index in [0.717, 1.165) is 48.6 Å². The smallest absolute Gasteiger partial charge is 0.407 e. The third-order valence-electron chi connectivity index (χ3n) is 9.84. The number of pyridine rings is 1. The molecule has 48 heavy (non-hydrogen) atoms. The van der Waals surface area contributed by atoms with Crippen LogP contribution in [0.3, 0.4) is 0 Å². The van der Waals surface area contributed by atoms with Crippen molar-refractivity contribution in [3.63, 3.8) is 0 Å². The van der Waals surface area contributed by atoms with Crippen LogP contribution >= 0.6 is 0 Å². The second-order valence-electron chi connectivity index (χ2n) is 13.5. The summed E-state index contributed by atoms with van der Waals surface area (Å²) in [6.45, 7) is 6.15. The Kier molecular flexibility index (Phi) is 9.93. The van der Waals surface area contributed by atoms with Crippen LogP contribution in [0.15, 0.2) is 47.4 Å². The molecule has 0 saturated carbocycles. The second kappa shape index (κ2) is 14.1. The fourth-order valence-corrected chi connectivity index (χ4v) is 7.38. The molecule has 6 rings (SSSR count). The molecule has 0 bridgehead atoms. The molecule has 2 aliphatic heterocycles. The van der Waals surface area contributed by atoms with Gasteiger partial charge in [-0.25, -0.2) is 13.6 Å². The van der Waals surface area contributed by atoms with Crippen LogP contribution in [0.1, 0.15) is 57.9 Å². The lowest BCUT2D eigenvalue weighted by Crippen LogP contribution is -2.58. The van der Waals surface area contributed by atoms with E-state index in [4.69, 9.17) is 9.47 Å². The minimum Gasteiger partial charge on any atom is -0.463 e. The summed E-state index contributed by atoms with van der Waals surface area (Å²) in [5, 5.41) is 7.54. The van der Waals surface area contributed by atoms with Crippen molar-refractivity contribution in [2.45, 2.75) is 76.0 Å². The quantitative estimate of drug-likeness (QED) is 0.176. The van der Waals surface area contributed by atoms with Gasteiger partial charge in [-0.05, 0) is 69.0 Å². The normalized spacial score (nSPS) is 23.1. The minimum atomic E-state index is -1.03. The highest BCUT2D eigenvalue weighted by molar-refractivity contribution is 5.99. The molecular weight excluding hydrogens is 618 g/mol. The van der Waals surface area contributed by atoms with E-state index in [-0.39, 0.29) is 47.7 Å². The van der Waals surface area contributed by atoms with E-state index >= 15 is 4.39 Å². The number of likely N-dealkylation sites (N-methyl/N-ethyl adjacent to an activating group) is 1. The molecule has 2 fully saturated rings. The van der Waals surface area contributed by atoms with Crippen molar-refractivity contribution in [1.29, 1.82) is 0 Å². The molecule has 0 aliphatic carbocycles. The number of aromatic nitrogens is 3. The third kappa shape index (κ3) is 7.00. The number of nitrogens with one attached hydrogen (secondary N) is 3. The number of rotatable bonds is 11. The number of aryl methyl sites for hydroxylation is 1. The highest BCUT2D eigenvalue weighted by Gasteiger charge is 2.39. The van der Waals surface area contributed by atoms with Gasteiger partial charge >= 0.3 is 6.09 Å². The fourth-order valence-electron chi connectivity index (χ4n) is 7.38. The highest BCUT2D eigenvalue weighted by atomic mass is 19.1. The molecule has 0 spiro atoms. The van der Waals surface area contributed by atoms with Gasteiger partial charge in [-0.15, -0.1) is 0 Å². The molecule has 4 aromatic rings. The van der Waals surface area contributed by atoms with Gasteiger partial charge in [0.05, 0.1) is 23.1 Å². The molecule has 12 heteroatoms. The van der Waals surface area contributed by atoms with Gasteiger partial charge in [-0.3, -0.25) is 19.7 Å². The predicted molar refractivity (Wildman–Crippen MR) is 182 cm³/mol. The van der Waals surface area contributed by atoms with Crippen LogP contribution in [0.4, 0.5) is 13.6 Å². The van der Waals surface area contributed by atoms with Crippen molar-refractivity contribution in [3.05, 3.63) is 64.3 Å². The Morgan fingerprint density at radius 1 is 1.23 bits per heavy atom. The van der Waals surface area contributed by atoms with Gasteiger partial charge in [0.1, 0.15) is 24.0 Å². The zero-order chi connectivity index (χ0) is 33.9. The number of alkyl carbamates (subject to hydrolysis) is 1. The van der Waals surface area contributed by atoms with Crippen LogP contribution in [0, 0.1) is 5.82 Å². The summed E-state index contributed by atoms with van der Waals surface area (Å²) in [6.07, 6.45) is 5.03. The Morgan fingerprint density at radius 2 is 2.04 bits per heavy atom. The first-order valence-electron chi connectivity index (χ1n) is 16.8. The molecule has 1 amide bonds. The van der Waals surface area contributed by atoms with Crippen molar-refractivity contribution < 1.29 is 23.0 Å². The molecule has 0 radical (unpaired) electrons. The number of likely N-dealkylation sites (tertiary alicyclic amines) is 1. The average molecular weight is 663 g/mol. The highest BCUT2D eigenvalue weighted by Crippen LogP contribution is 2.35. The van der Waals surface area contributed by atoms with E-state index in [2.05, 4.69) is 44.5 Å². The monoisotopic (exact) mass is 662 g/mol. The van der Waals surface area contributed by atoms with Crippen molar-refractivity contribution in [1.82, 2.24) is 30.5 Å². The van der Waals surface area contributed by atoms with E-state index < -0.39 is 29.2 Å². The molecule has 3 unspecified atom stereocenters. The first kappa shape index (κ1) is 33.7.